The van der Waals surface area contributed by atoms with Crippen molar-refractivity contribution in [2.75, 3.05) is 7.11 Å². The van der Waals surface area contributed by atoms with Crippen LogP contribution in [0.3, 0.4) is 0 Å². The van der Waals surface area contributed by atoms with Crippen molar-refractivity contribution in [3.8, 4) is 5.75 Å². The summed E-state index contributed by atoms with van der Waals surface area (Å²) >= 11 is 0. The van der Waals surface area contributed by atoms with Crippen LogP contribution in [-0.4, -0.2) is 18.0 Å². The highest BCUT2D eigenvalue weighted by Crippen LogP contribution is 2.18. The minimum atomic E-state index is -0.296. The third kappa shape index (κ3) is 4.82. The van der Waals surface area contributed by atoms with Crippen molar-refractivity contribution in [2.45, 2.75) is 32.9 Å². The lowest BCUT2D eigenvalue weighted by atomic mass is 10.0. The summed E-state index contributed by atoms with van der Waals surface area (Å²) in [5.74, 6) is 1.28. The van der Waals surface area contributed by atoms with Crippen molar-refractivity contribution in [3.63, 3.8) is 0 Å². The van der Waals surface area contributed by atoms with Gasteiger partial charge in [0.1, 0.15) is 12.0 Å². The van der Waals surface area contributed by atoms with E-state index in [1.165, 1.54) is 6.26 Å². The van der Waals surface area contributed by atoms with Crippen molar-refractivity contribution in [3.05, 3.63) is 47.7 Å². The molecule has 124 valence electrons. The molecule has 0 spiro atoms. The molecule has 1 heterocycles. The smallest absolute Gasteiger partial charge is 0.273 e. The fourth-order valence-corrected chi connectivity index (χ4v) is 2.23. The number of hydrogen-bond donors (Lipinski definition) is 2. The molecule has 1 unspecified atom stereocenters. The zero-order valence-electron chi connectivity index (χ0n) is 13.7. The Morgan fingerprint density at radius 2 is 2.22 bits per heavy atom. The molecular weight excluding hydrogens is 294 g/mol. The summed E-state index contributed by atoms with van der Waals surface area (Å²) < 4.78 is 10.5. The summed E-state index contributed by atoms with van der Waals surface area (Å²) in [5, 5.41) is 2.80. The highest BCUT2D eigenvalue weighted by Gasteiger charge is 2.17. The summed E-state index contributed by atoms with van der Waals surface area (Å²) in [6.07, 6.45) is 2.10. The summed E-state index contributed by atoms with van der Waals surface area (Å²) in [5.41, 5.74) is 7.19. The Labute approximate surface area is 136 Å². The SMILES string of the molecule is COc1cccc(CNC(=O)c2coc(C(N)CC(C)C)n2)c1. The average Bonchev–Trinajstić information content (AvgIpc) is 3.02. The van der Waals surface area contributed by atoms with Crippen LogP contribution >= 0.6 is 0 Å². The Balaban J connectivity index is 1.94. The average molecular weight is 317 g/mol. The first-order valence-corrected chi connectivity index (χ1v) is 7.61. The van der Waals surface area contributed by atoms with E-state index in [0.717, 1.165) is 17.7 Å². The third-order valence-electron chi connectivity index (χ3n) is 3.38. The minimum absolute atomic E-state index is 0.238. The number of rotatable bonds is 7. The number of oxazole rings is 1. The molecule has 2 rings (SSSR count). The molecule has 1 aromatic heterocycles. The van der Waals surface area contributed by atoms with Gasteiger partial charge in [0, 0.05) is 6.54 Å². The van der Waals surface area contributed by atoms with Crippen LogP contribution in [0, 0.1) is 5.92 Å². The molecule has 23 heavy (non-hydrogen) atoms. The maximum absolute atomic E-state index is 12.1. The Morgan fingerprint density at radius 3 is 2.91 bits per heavy atom. The number of nitrogens with one attached hydrogen (secondary N) is 1. The van der Waals surface area contributed by atoms with Gasteiger partial charge in [-0.3, -0.25) is 4.79 Å². The molecule has 0 saturated heterocycles. The van der Waals surface area contributed by atoms with E-state index in [4.69, 9.17) is 14.9 Å². The van der Waals surface area contributed by atoms with Gasteiger partial charge in [-0.15, -0.1) is 0 Å². The highest BCUT2D eigenvalue weighted by molar-refractivity contribution is 5.91. The van der Waals surface area contributed by atoms with Crippen LogP contribution < -0.4 is 15.8 Å². The van der Waals surface area contributed by atoms with E-state index in [2.05, 4.69) is 24.1 Å². The molecule has 1 atom stereocenters. The Morgan fingerprint density at radius 1 is 1.43 bits per heavy atom. The Bertz CT molecular complexity index is 652. The van der Waals surface area contributed by atoms with Crippen LogP contribution in [0.25, 0.3) is 0 Å². The molecule has 0 aliphatic carbocycles. The number of benzene rings is 1. The maximum Gasteiger partial charge on any atom is 0.273 e. The van der Waals surface area contributed by atoms with Crippen LogP contribution in [0.5, 0.6) is 5.75 Å². The van der Waals surface area contributed by atoms with Crippen LogP contribution in [0.4, 0.5) is 0 Å². The summed E-state index contributed by atoms with van der Waals surface area (Å²) in [6.45, 7) is 4.53. The zero-order valence-corrected chi connectivity index (χ0v) is 13.7. The van der Waals surface area contributed by atoms with Crippen molar-refractivity contribution < 1.29 is 13.9 Å². The highest BCUT2D eigenvalue weighted by atomic mass is 16.5. The Hall–Kier alpha value is -2.34. The molecule has 0 saturated carbocycles. The van der Waals surface area contributed by atoms with E-state index >= 15 is 0 Å². The number of methoxy groups -OCH3 is 1. The van der Waals surface area contributed by atoms with Crippen molar-refractivity contribution in [2.24, 2.45) is 11.7 Å². The first-order valence-electron chi connectivity index (χ1n) is 7.61. The van der Waals surface area contributed by atoms with Crippen LogP contribution in [0.2, 0.25) is 0 Å². The first kappa shape index (κ1) is 17.0. The normalized spacial score (nSPS) is 12.2. The van der Waals surface area contributed by atoms with Crippen molar-refractivity contribution >= 4 is 5.91 Å². The predicted octanol–water partition coefficient (Wildman–Crippen LogP) is 2.66. The van der Waals surface area contributed by atoms with E-state index in [1.54, 1.807) is 7.11 Å². The monoisotopic (exact) mass is 317 g/mol. The topological polar surface area (TPSA) is 90.4 Å². The standard InChI is InChI=1S/C17H23N3O3/c1-11(2)7-14(18)17-20-15(10-23-17)16(21)19-9-12-5-4-6-13(8-12)22-3/h4-6,8,10-11,14H,7,9,18H2,1-3H3,(H,19,21). The van der Waals surface area contributed by atoms with Gasteiger partial charge in [-0.1, -0.05) is 26.0 Å². The summed E-state index contributed by atoms with van der Waals surface area (Å²) in [4.78, 5) is 16.3. The first-order chi connectivity index (χ1) is 11.0. The van der Waals surface area contributed by atoms with Gasteiger partial charge in [-0.25, -0.2) is 4.98 Å². The van der Waals surface area contributed by atoms with Gasteiger partial charge in [0.05, 0.1) is 13.2 Å². The van der Waals surface area contributed by atoms with Crippen LogP contribution in [-0.2, 0) is 6.54 Å². The molecular formula is C17H23N3O3. The number of nitrogens with two attached hydrogens (primary N) is 1. The number of aromatic nitrogens is 1. The molecule has 0 aliphatic heterocycles. The van der Waals surface area contributed by atoms with Gasteiger partial charge in [0.2, 0.25) is 5.89 Å². The minimum Gasteiger partial charge on any atom is -0.497 e. The number of ether oxygens (including phenoxy) is 1. The molecule has 2 aromatic rings. The van der Waals surface area contributed by atoms with Gasteiger partial charge in [0.25, 0.3) is 5.91 Å². The molecule has 0 aliphatic rings. The zero-order chi connectivity index (χ0) is 16.8. The second kappa shape index (κ2) is 7.78. The third-order valence-corrected chi connectivity index (χ3v) is 3.38. The molecule has 3 N–H and O–H groups in total. The van der Waals surface area contributed by atoms with E-state index in [1.807, 2.05) is 24.3 Å². The largest absolute Gasteiger partial charge is 0.497 e. The lowest BCUT2D eigenvalue weighted by molar-refractivity contribution is 0.0946. The molecule has 6 nitrogen and oxygen atoms in total. The van der Waals surface area contributed by atoms with Gasteiger partial charge in [0.15, 0.2) is 5.69 Å². The van der Waals surface area contributed by atoms with Crippen LogP contribution in [0.15, 0.2) is 34.9 Å². The van der Waals surface area contributed by atoms with Gasteiger partial charge < -0.3 is 20.2 Å². The van der Waals surface area contributed by atoms with E-state index < -0.39 is 0 Å². The predicted molar refractivity (Wildman–Crippen MR) is 87.1 cm³/mol. The quantitative estimate of drug-likeness (QED) is 0.819. The second-order valence-electron chi connectivity index (χ2n) is 5.84. The molecule has 6 heteroatoms. The van der Waals surface area contributed by atoms with Gasteiger partial charge in [-0.2, -0.15) is 0 Å². The van der Waals surface area contributed by atoms with E-state index in [9.17, 15) is 4.79 Å². The van der Waals surface area contributed by atoms with Gasteiger partial charge >= 0.3 is 0 Å². The number of hydrogen-bond acceptors (Lipinski definition) is 5. The molecule has 0 fully saturated rings. The fourth-order valence-electron chi connectivity index (χ4n) is 2.23. The summed E-state index contributed by atoms with van der Waals surface area (Å²) in [7, 11) is 1.61. The number of carbonyl (C=O) groups excluding carboxylic acids is 1. The van der Waals surface area contributed by atoms with Crippen molar-refractivity contribution in [1.82, 2.24) is 10.3 Å². The lowest BCUT2D eigenvalue weighted by Gasteiger charge is -2.09. The Kier molecular flexibility index (Phi) is 5.76. The molecule has 0 radical (unpaired) electrons. The van der Waals surface area contributed by atoms with Crippen molar-refractivity contribution in [1.29, 1.82) is 0 Å². The summed E-state index contributed by atoms with van der Waals surface area (Å²) in [6, 6.07) is 7.21. The lowest BCUT2D eigenvalue weighted by Crippen LogP contribution is -2.23. The van der Waals surface area contributed by atoms with E-state index in [0.29, 0.717) is 18.4 Å². The van der Waals surface area contributed by atoms with E-state index in [-0.39, 0.29) is 17.6 Å². The van der Waals surface area contributed by atoms with Gasteiger partial charge in [-0.05, 0) is 30.0 Å². The molecule has 1 aromatic carbocycles. The van der Waals surface area contributed by atoms with Crippen LogP contribution in [0.1, 0.15) is 48.3 Å². The maximum atomic E-state index is 12.1. The second-order valence-corrected chi connectivity index (χ2v) is 5.84. The molecule has 1 amide bonds. The number of nitrogens with zero attached hydrogens (tertiary/aromatic N) is 1. The number of amides is 1. The fraction of sp³-hybridized carbons (Fsp3) is 0.412. The number of carbonyl (C=O) groups is 1. The molecule has 0 bridgehead atoms.